The summed E-state index contributed by atoms with van der Waals surface area (Å²) in [6.45, 7) is 2.27. The maximum Gasteiger partial charge on any atom is 0.253 e. The highest BCUT2D eigenvalue weighted by molar-refractivity contribution is 6.04. The van der Waals surface area contributed by atoms with Crippen molar-refractivity contribution in [1.82, 2.24) is 10.6 Å². The minimum absolute atomic E-state index is 0.0846. The Morgan fingerprint density at radius 1 is 1.03 bits per heavy atom. The molecule has 1 fully saturated rings. The number of fused-ring (bicyclic) bond motifs is 1. The molecule has 0 bridgehead atoms. The summed E-state index contributed by atoms with van der Waals surface area (Å²) in [6, 6.07) is 14.2. The molecule has 1 saturated carbocycles. The van der Waals surface area contributed by atoms with Crippen molar-refractivity contribution < 1.29 is 9.59 Å². The second-order valence-corrected chi connectivity index (χ2v) is 8.18. The van der Waals surface area contributed by atoms with Crippen LogP contribution in [0.5, 0.6) is 0 Å². The monoisotopic (exact) mass is 391 g/mol. The van der Waals surface area contributed by atoms with Crippen LogP contribution >= 0.6 is 0 Å². The van der Waals surface area contributed by atoms with E-state index in [1.165, 1.54) is 36.0 Å². The topological polar surface area (TPSA) is 70.2 Å². The highest BCUT2D eigenvalue weighted by atomic mass is 16.2. The molecule has 0 heterocycles. The summed E-state index contributed by atoms with van der Waals surface area (Å²) in [4.78, 5) is 24.9. The minimum Gasteiger partial charge on any atom is -0.349 e. The lowest BCUT2D eigenvalue weighted by Gasteiger charge is -2.20. The average molecular weight is 392 g/mol. The van der Waals surface area contributed by atoms with Gasteiger partial charge < -0.3 is 16.0 Å². The Morgan fingerprint density at radius 3 is 2.59 bits per heavy atom. The van der Waals surface area contributed by atoms with E-state index in [1.54, 1.807) is 12.1 Å². The predicted molar refractivity (Wildman–Crippen MR) is 115 cm³/mol. The molecular formula is C24H29N3O2. The molecule has 2 aromatic rings. The van der Waals surface area contributed by atoms with Crippen molar-refractivity contribution in [2.45, 2.75) is 57.5 Å². The van der Waals surface area contributed by atoms with Gasteiger partial charge in [-0.05, 0) is 74.3 Å². The Labute approximate surface area is 172 Å². The first-order valence-electron chi connectivity index (χ1n) is 10.6. The maximum absolute atomic E-state index is 12.5. The van der Waals surface area contributed by atoms with Gasteiger partial charge in [0.25, 0.3) is 5.91 Å². The van der Waals surface area contributed by atoms with E-state index in [1.807, 2.05) is 12.1 Å². The molecule has 2 aliphatic carbocycles. The third-order valence-electron chi connectivity index (χ3n) is 5.80. The van der Waals surface area contributed by atoms with Gasteiger partial charge in [0, 0.05) is 12.1 Å². The third-order valence-corrected chi connectivity index (χ3v) is 5.80. The van der Waals surface area contributed by atoms with Crippen molar-refractivity contribution in [2.75, 3.05) is 11.9 Å². The van der Waals surface area contributed by atoms with Crippen LogP contribution < -0.4 is 16.0 Å². The number of aryl methyl sites for hydroxylation is 2. The summed E-state index contributed by atoms with van der Waals surface area (Å²) in [6.07, 6.45) is 6.92. The molecule has 0 aromatic heterocycles. The molecule has 4 rings (SSSR count). The highest BCUT2D eigenvalue weighted by Gasteiger charge is 2.25. The first-order chi connectivity index (χ1) is 14.1. The fraction of sp³-hybridized carbons (Fsp3) is 0.417. The SMILES string of the molecule is CC(NCC(=O)Nc1ccccc1C(=O)NC1CC1)c1ccc2c(c1)CCCC2. The minimum atomic E-state index is -0.151. The van der Waals surface area contributed by atoms with E-state index in [2.05, 4.69) is 41.1 Å². The molecule has 0 saturated heterocycles. The van der Waals surface area contributed by atoms with E-state index in [9.17, 15) is 9.59 Å². The molecule has 0 radical (unpaired) electrons. The number of para-hydroxylation sites is 1. The van der Waals surface area contributed by atoms with Crippen LogP contribution in [0.1, 0.15) is 65.7 Å². The molecule has 2 amide bonds. The summed E-state index contributed by atoms with van der Waals surface area (Å²) in [5.41, 5.74) is 5.19. The molecule has 5 nitrogen and oxygen atoms in total. The van der Waals surface area contributed by atoms with Gasteiger partial charge in [-0.2, -0.15) is 0 Å². The van der Waals surface area contributed by atoms with Crippen LogP contribution in [0.25, 0.3) is 0 Å². The number of hydrogen-bond acceptors (Lipinski definition) is 3. The number of carbonyl (C=O) groups excluding carboxylic acids is 2. The zero-order valence-electron chi connectivity index (χ0n) is 17.0. The van der Waals surface area contributed by atoms with Crippen molar-refractivity contribution >= 4 is 17.5 Å². The number of benzene rings is 2. The fourth-order valence-electron chi connectivity index (χ4n) is 3.86. The van der Waals surface area contributed by atoms with Crippen LogP contribution in [0.3, 0.4) is 0 Å². The van der Waals surface area contributed by atoms with E-state index < -0.39 is 0 Å². The first kappa shape index (κ1) is 19.6. The van der Waals surface area contributed by atoms with E-state index in [4.69, 9.17) is 0 Å². The zero-order chi connectivity index (χ0) is 20.2. The normalized spacial score (nSPS) is 16.6. The van der Waals surface area contributed by atoms with Gasteiger partial charge in [-0.1, -0.05) is 30.3 Å². The summed E-state index contributed by atoms with van der Waals surface area (Å²) >= 11 is 0. The van der Waals surface area contributed by atoms with E-state index in [-0.39, 0.29) is 30.4 Å². The number of anilines is 1. The van der Waals surface area contributed by atoms with Gasteiger partial charge in [0.1, 0.15) is 0 Å². The van der Waals surface area contributed by atoms with Crippen molar-refractivity contribution in [3.8, 4) is 0 Å². The van der Waals surface area contributed by atoms with Crippen LogP contribution in [0.4, 0.5) is 5.69 Å². The van der Waals surface area contributed by atoms with Gasteiger partial charge in [0.05, 0.1) is 17.8 Å². The quantitative estimate of drug-likeness (QED) is 0.673. The predicted octanol–water partition coefficient (Wildman–Crippen LogP) is 3.75. The number of amides is 2. The Kier molecular flexibility index (Phi) is 5.95. The number of nitrogens with one attached hydrogen (secondary N) is 3. The largest absolute Gasteiger partial charge is 0.349 e. The second-order valence-electron chi connectivity index (χ2n) is 8.18. The molecule has 0 spiro atoms. The van der Waals surface area contributed by atoms with Gasteiger partial charge in [0.2, 0.25) is 5.91 Å². The summed E-state index contributed by atoms with van der Waals surface area (Å²) in [5, 5.41) is 9.16. The van der Waals surface area contributed by atoms with Gasteiger partial charge in [-0.15, -0.1) is 0 Å². The Morgan fingerprint density at radius 2 is 1.79 bits per heavy atom. The summed E-state index contributed by atoms with van der Waals surface area (Å²) in [5.74, 6) is -0.278. The lowest BCUT2D eigenvalue weighted by atomic mass is 9.89. The molecule has 152 valence electrons. The third kappa shape index (κ3) is 5.04. The Hall–Kier alpha value is -2.66. The standard InChI is InChI=1S/C24H29N3O2/c1-16(18-11-10-17-6-2-3-7-19(17)14-18)25-15-23(28)27-22-9-5-4-8-21(22)24(29)26-20-12-13-20/h4-5,8-11,14,16,20,25H,2-3,6-7,12-13,15H2,1H3,(H,26,29)(H,27,28). The summed E-state index contributed by atoms with van der Waals surface area (Å²) in [7, 11) is 0. The van der Waals surface area contributed by atoms with Crippen molar-refractivity contribution in [1.29, 1.82) is 0 Å². The molecule has 1 unspecified atom stereocenters. The molecule has 2 aliphatic rings. The van der Waals surface area contributed by atoms with Crippen molar-refractivity contribution in [3.05, 3.63) is 64.7 Å². The second kappa shape index (κ2) is 8.78. The lowest BCUT2D eigenvalue weighted by Crippen LogP contribution is -2.31. The van der Waals surface area contributed by atoms with Gasteiger partial charge >= 0.3 is 0 Å². The first-order valence-corrected chi connectivity index (χ1v) is 10.6. The van der Waals surface area contributed by atoms with Crippen LogP contribution in [-0.2, 0) is 17.6 Å². The van der Waals surface area contributed by atoms with Gasteiger partial charge in [-0.25, -0.2) is 0 Å². The van der Waals surface area contributed by atoms with E-state index in [0.29, 0.717) is 11.3 Å². The fourth-order valence-corrected chi connectivity index (χ4v) is 3.86. The lowest BCUT2D eigenvalue weighted by molar-refractivity contribution is -0.115. The highest BCUT2D eigenvalue weighted by Crippen LogP contribution is 2.25. The van der Waals surface area contributed by atoms with Crippen LogP contribution in [0.15, 0.2) is 42.5 Å². The van der Waals surface area contributed by atoms with Gasteiger partial charge in [-0.3, -0.25) is 9.59 Å². The van der Waals surface area contributed by atoms with Crippen molar-refractivity contribution in [2.24, 2.45) is 0 Å². The smallest absolute Gasteiger partial charge is 0.253 e. The molecule has 1 atom stereocenters. The average Bonchev–Trinajstić information content (AvgIpc) is 3.56. The molecule has 3 N–H and O–H groups in total. The zero-order valence-corrected chi connectivity index (χ0v) is 17.0. The van der Waals surface area contributed by atoms with Crippen LogP contribution in [0.2, 0.25) is 0 Å². The van der Waals surface area contributed by atoms with Gasteiger partial charge in [0.15, 0.2) is 0 Å². The van der Waals surface area contributed by atoms with E-state index >= 15 is 0 Å². The molecule has 29 heavy (non-hydrogen) atoms. The number of carbonyl (C=O) groups is 2. The number of hydrogen-bond donors (Lipinski definition) is 3. The Balaban J connectivity index is 1.34. The molecular weight excluding hydrogens is 362 g/mol. The summed E-state index contributed by atoms with van der Waals surface area (Å²) < 4.78 is 0. The molecule has 0 aliphatic heterocycles. The van der Waals surface area contributed by atoms with Crippen LogP contribution in [0, 0.1) is 0 Å². The van der Waals surface area contributed by atoms with Crippen LogP contribution in [-0.4, -0.2) is 24.4 Å². The number of rotatable bonds is 7. The maximum atomic E-state index is 12.5. The molecule has 2 aromatic carbocycles. The Bertz CT molecular complexity index is 905. The van der Waals surface area contributed by atoms with E-state index in [0.717, 1.165) is 19.3 Å². The molecule has 5 heteroatoms. The van der Waals surface area contributed by atoms with Crippen molar-refractivity contribution in [3.63, 3.8) is 0 Å².